The Balaban J connectivity index is 2.41. The van der Waals surface area contributed by atoms with Crippen LogP contribution in [0.25, 0.3) is 0 Å². The van der Waals surface area contributed by atoms with E-state index in [2.05, 4.69) is 6.58 Å². The molecule has 2 nitrogen and oxygen atoms in total. The lowest BCUT2D eigenvalue weighted by Crippen LogP contribution is -2.35. The van der Waals surface area contributed by atoms with Crippen LogP contribution in [-0.4, -0.2) is 10.9 Å². The van der Waals surface area contributed by atoms with Crippen LogP contribution in [0.4, 0.5) is 0 Å². The lowest BCUT2D eigenvalue weighted by molar-refractivity contribution is -0.129. The summed E-state index contributed by atoms with van der Waals surface area (Å²) in [5, 5.41) is 10.7. The van der Waals surface area contributed by atoms with Crippen molar-refractivity contribution in [3.63, 3.8) is 0 Å². The number of hydrogen-bond acceptors (Lipinski definition) is 2. The quantitative estimate of drug-likeness (QED) is 0.830. The molecule has 0 heterocycles. The van der Waals surface area contributed by atoms with E-state index >= 15 is 0 Å². The first-order chi connectivity index (χ1) is 9.16. The summed E-state index contributed by atoms with van der Waals surface area (Å²) >= 11 is 0. The average molecular weight is 251 g/mol. The summed E-state index contributed by atoms with van der Waals surface area (Å²) in [4.78, 5) is 12.0. The molecular formula is C17H15O2. The third kappa shape index (κ3) is 2.80. The largest absolute Gasteiger partial charge is 0.376 e. The summed E-state index contributed by atoms with van der Waals surface area (Å²) in [5.74, 6) is -0.442. The molecule has 1 unspecified atom stereocenters. The van der Waals surface area contributed by atoms with Gasteiger partial charge in [-0.1, -0.05) is 67.2 Å². The Kier molecular flexibility index (Phi) is 3.93. The number of carbonyl (C=O) groups is 1. The monoisotopic (exact) mass is 251 g/mol. The molecule has 19 heavy (non-hydrogen) atoms. The van der Waals surface area contributed by atoms with Crippen LogP contribution >= 0.6 is 0 Å². The standard InChI is InChI=1S/C17H15O2/c1-2-16(18)17(19,15-11-7-4-8-12-15)13-14-9-5-3-6-10-14/h2-13,19H,1H2. The number of benzene rings is 2. The van der Waals surface area contributed by atoms with Gasteiger partial charge < -0.3 is 5.11 Å². The smallest absolute Gasteiger partial charge is 0.191 e. The second-order valence-electron chi connectivity index (χ2n) is 4.26. The van der Waals surface area contributed by atoms with Crippen LogP contribution in [0.15, 0.2) is 73.3 Å². The minimum Gasteiger partial charge on any atom is -0.376 e. The van der Waals surface area contributed by atoms with Gasteiger partial charge in [-0.2, -0.15) is 0 Å². The van der Waals surface area contributed by atoms with Gasteiger partial charge in [0, 0.05) is 6.42 Å². The summed E-state index contributed by atoms with van der Waals surface area (Å²) in [6.07, 6.45) is 2.69. The van der Waals surface area contributed by atoms with Gasteiger partial charge in [-0.15, -0.1) is 0 Å². The molecule has 1 N–H and O–H groups in total. The Hall–Kier alpha value is -2.19. The van der Waals surface area contributed by atoms with Gasteiger partial charge in [0.2, 0.25) is 0 Å². The SMILES string of the molecule is C=CC(=O)C(O)([CH]c1ccccc1)c1ccccc1. The lowest BCUT2D eigenvalue weighted by atomic mass is 9.83. The number of hydrogen-bond donors (Lipinski definition) is 1. The molecule has 0 aliphatic rings. The first-order valence-corrected chi connectivity index (χ1v) is 6.02. The van der Waals surface area contributed by atoms with E-state index in [1.807, 2.05) is 36.4 Å². The Bertz CT molecular complexity index is 560. The molecule has 95 valence electrons. The molecule has 0 bridgehead atoms. The first kappa shape index (κ1) is 13.2. The van der Waals surface area contributed by atoms with Gasteiger partial charge in [0.15, 0.2) is 11.4 Å². The molecule has 0 amide bonds. The van der Waals surface area contributed by atoms with Crippen molar-refractivity contribution in [1.29, 1.82) is 0 Å². The second kappa shape index (κ2) is 5.63. The lowest BCUT2D eigenvalue weighted by Gasteiger charge is -2.25. The van der Waals surface area contributed by atoms with Crippen LogP contribution in [0, 0.1) is 6.42 Å². The van der Waals surface area contributed by atoms with Crippen molar-refractivity contribution < 1.29 is 9.90 Å². The molecule has 1 atom stereocenters. The van der Waals surface area contributed by atoms with Crippen molar-refractivity contribution in [3.8, 4) is 0 Å². The van der Waals surface area contributed by atoms with Crippen molar-refractivity contribution in [3.05, 3.63) is 90.9 Å². The van der Waals surface area contributed by atoms with Crippen molar-refractivity contribution in [2.45, 2.75) is 5.60 Å². The summed E-state index contributed by atoms with van der Waals surface area (Å²) in [6.45, 7) is 3.46. The third-order valence-electron chi connectivity index (χ3n) is 2.95. The van der Waals surface area contributed by atoms with Gasteiger partial charge >= 0.3 is 0 Å². The number of carbonyl (C=O) groups excluding carboxylic acids is 1. The van der Waals surface area contributed by atoms with Gasteiger partial charge in [-0.05, 0) is 17.2 Å². The van der Waals surface area contributed by atoms with E-state index in [-0.39, 0.29) is 0 Å². The molecule has 0 aliphatic heterocycles. The molecule has 0 fully saturated rings. The van der Waals surface area contributed by atoms with Crippen molar-refractivity contribution in [2.75, 3.05) is 0 Å². The molecule has 0 aromatic heterocycles. The van der Waals surface area contributed by atoms with E-state index in [4.69, 9.17) is 0 Å². The Morgan fingerprint density at radius 2 is 1.53 bits per heavy atom. The number of ketones is 1. The van der Waals surface area contributed by atoms with Gasteiger partial charge in [-0.25, -0.2) is 0 Å². The van der Waals surface area contributed by atoms with Crippen LogP contribution in [-0.2, 0) is 10.4 Å². The normalized spacial score (nSPS) is 13.5. The van der Waals surface area contributed by atoms with Crippen LogP contribution in [0.1, 0.15) is 11.1 Å². The number of aliphatic hydroxyl groups is 1. The highest BCUT2D eigenvalue weighted by molar-refractivity contribution is 5.98. The third-order valence-corrected chi connectivity index (χ3v) is 2.95. The predicted octanol–water partition coefficient (Wildman–Crippen LogP) is 2.88. The molecule has 0 aliphatic carbocycles. The molecule has 0 spiro atoms. The first-order valence-electron chi connectivity index (χ1n) is 6.02. The van der Waals surface area contributed by atoms with Crippen LogP contribution in [0.2, 0.25) is 0 Å². The fourth-order valence-electron chi connectivity index (χ4n) is 1.94. The topological polar surface area (TPSA) is 37.3 Å². The van der Waals surface area contributed by atoms with E-state index in [9.17, 15) is 9.90 Å². The molecule has 2 aromatic carbocycles. The van der Waals surface area contributed by atoms with Crippen molar-refractivity contribution >= 4 is 5.78 Å². The summed E-state index contributed by atoms with van der Waals surface area (Å²) < 4.78 is 0. The van der Waals surface area contributed by atoms with E-state index in [1.54, 1.807) is 30.7 Å². The Labute approximate surface area is 113 Å². The van der Waals surface area contributed by atoms with Gasteiger partial charge in [0.25, 0.3) is 0 Å². The average Bonchev–Trinajstić information content (AvgIpc) is 2.48. The van der Waals surface area contributed by atoms with E-state index in [1.165, 1.54) is 0 Å². The maximum atomic E-state index is 12.0. The van der Waals surface area contributed by atoms with Crippen molar-refractivity contribution in [2.24, 2.45) is 0 Å². The maximum absolute atomic E-state index is 12.0. The summed E-state index contributed by atoms with van der Waals surface area (Å²) in [7, 11) is 0. The van der Waals surface area contributed by atoms with Gasteiger partial charge in [0.1, 0.15) is 0 Å². The zero-order chi connectivity index (χ0) is 13.7. The highest BCUT2D eigenvalue weighted by Gasteiger charge is 2.36. The zero-order valence-electron chi connectivity index (χ0n) is 10.5. The Morgan fingerprint density at radius 3 is 2.05 bits per heavy atom. The maximum Gasteiger partial charge on any atom is 0.191 e. The fourth-order valence-corrected chi connectivity index (χ4v) is 1.94. The summed E-state index contributed by atoms with van der Waals surface area (Å²) in [6, 6.07) is 18.1. The van der Waals surface area contributed by atoms with Gasteiger partial charge in [-0.3, -0.25) is 4.79 Å². The molecule has 2 aromatic rings. The van der Waals surface area contributed by atoms with Crippen LogP contribution in [0.3, 0.4) is 0 Å². The van der Waals surface area contributed by atoms with E-state index < -0.39 is 11.4 Å². The van der Waals surface area contributed by atoms with Crippen LogP contribution < -0.4 is 0 Å². The molecule has 2 heteroatoms. The summed E-state index contributed by atoms with van der Waals surface area (Å²) in [5.41, 5.74) is -0.363. The highest BCUT2D eigenvalue weighted by Crippen LogP contribution is 2.29. The minimum atomic E-state index is -1.68. The minimum absolute atomic E-state index is 0.442. The van der Waals surface area contributed by atoms with Crippen molar-refractivity contribution in [1.82, 2.24) is 0 Å². The molecule has 0 saturated heterocycles. The van der Waals surface area contributed by atoms with E-state index in [0.717, 1.165) is 11.6 Å². The molecule has 1 radical (unpaired) electrons. The molecule has 0 saturated carbocycles. The zero-order valence-corrected chi connectivity index (χ0v) is 10.5. The number of rotatable bonds is 5. The molecule has 2 rings (SSSR count). The Morgan fingerprint density at radius 1 is 1.00 bits per heavy atom. The van der Waals surface area contributed by atoms with Gasteiger partial charge in [0.05, 0.1) is 0 Å². The molecular weight excluding hydrogens is 236 g/mol. The van der Waals surface area contributed by atoms with Crippen LogP contribution in [0.5, 0.6) is 0 Å². The second-order valence-corrected chi connectivity index (χ2v) is 4.26. The fraction of sp³-hybridized carbons (Fsp3) is 0.0588. The predicted molar refractivity (Wildman–Crippen MR) is 75.4 cm³/mol. The van der Waals surface area contributed by atoms with E-state index in [0.29, 0.717) is 5.56 Å². The highest BCUT2D eigenvalue weighted by atomic mass is 16.3.